The summed E-state index contributed by atoms with van der Waals surface area (Å²) in [5, 5.41) is 11.7. The van der Waals surface area contributed by atoms with Crippen molar-refractivity contribution in [3.8, 4) is 6.07 Å². The Morgan fingerprint density at radius 2 is 1.57 bits per heavy atom. The van der Waals surface area contributed by atoms with Gasteiger partial charge in [-0.1, -0.05) is 0 Å². The molecule has 6 nitrogen and oxygen atoms in total. The normalized spacial score (nSPS) is 14.5. The first-order chi connectivity index (χ1) is 20.6. The molecule has 0 saturated carbocycles. The number of Topliss-reactive ketones (excluding diaryl/α,β-unsaturated/α-hetero) is 1. The van der Waals surface area contributed by atoms with Gasteiger partial charge in [-0.25, -0.2) is 0 Å². The molecule has 6 aromatic rings. The van der Waals surface area contributed by atoms with Gasteiger partial charge in [-0.2, -0.15) is 0 Å². The standard InChI is InChI=1S/C35H19N5OSe/c1-37-30(21-36)33-26-19-23-10-6-8-14-29(23)39-34(26)35(41)27(33)20-25-16-18-32(42-25)40(24-11-3-2-4-12-24)31-17-15-22-9-5-7-13-28(22)38-31/h2-20H/b27-20+,33-30-. The maximum absolute atomic E-state index is 13.7. The van der Waals surface area contributed by atoms with E-state index in [0.29, 0.717) is 22.2 Å². The fourth-order valence-electron chi connectivity index (χ4n) is 5.21. The van der Waals surface area contributed by atoms with Gasteiger partial charge in [0.2, 0.25) is 0 Å². The molecule has 0 N–H and O–H groups in total. The van der Waals surface area contributed by atoms with Gasteiger partial charge >= 0.3 is 248 Å². The van der Waals surface area contributed by atoms with Crippen molar-refractivity contribution in [1.82, 2.24) is 9.97 Å². The fourth-order valence-corrected chi connectivity index (χ4v) is 7.26. The third-order valence-corrected chi connectivity index (χ3v) is 9.26. The molecule has 0 atom stereocenters. The van der Waals surface area contributed by atoms with Crippen molar-refractivity contribution in [1.29, 1.82) is 5.26 Å². The van der Waals surface area contributed by atoms with Crippen molar-refractivity contribution >= 4 is 69.8 Å². The molecule has 0 amide bonds. The van der Waals surface area contributed by atoms with Crippen molar-refractivity contribution in [3.63, 3.8) is 0 Å². The number of nitrogens with zero attached hydrogens (tertiary/aromatic N) is 5. The number of ketones is 1. The molecule has 3 aromatic carbocycles. The van der Waals surface area contributed by atoms with Crippen LogP contribution in [0.25, 0.3) is 38.3 Å². The molecule has 1 aliphatic carbocycles. The zero-order chi connectivity index (χ0) is 28.6. The molecule has 7 rings (SSSR count). The number of pyridine rings is 2. The molecule has 3 heterocycles. The minimum atomic E-state index is -0.275. The molecular weight excluding hydrogens is 585 g/mol. The first-order valence-corrected chi connectivity index (χ1v) is 14.9. The van der Waals surface area contributed by atoms with Gasteiger partial charge in [0.25, 0.3) is 0 Å². The second-order valence-electron chi connectivity index (χ2n) is 9.62. The van der Waals surface area contributed by atoms with Gasteiger partial charge < -0.3 is 0 Å². The number of hydrogen-bond donors (Lipinski definition) is 0. The summed E-state index contributed by atoms with van der Waals surface area (Å²) in [6.07, 6.45) is 1.83. The molecule has 0 fully saturated rings. The summed E-state index contributed by atoms with van der Waals surface area (Å²) in [5.74, 6) is 0.527. The fraction of sp³-hybridized carbons (Fsp3) is 0. The number of allylic oxidation sites excluding steroid dienone is 3. The van der Waals surface area contributed by atoms with Crippen molar-refractivity contribution in [2.45, 2.75) is 0 Å². The predicted octanol–water partition coefficient (Wildman–Crippen LogP) is 7.74. The zero-order valence-corrected chi connectivity index (χ0v) is 23.7. The molecule has 1 aliphatic rings. The summed E-state index contributed by atoms with van der Waals surface area (Å²) in [4.78, 5) is 28.9. The van der Waals surface area contributed by atoms with Gasteiger partial charge in [0.15, 0.2) is 0 Å². The Labute approximate surface area is 247 Å². The van der Waals surface area contributed by atoms with Crippen molar-refractivity contribution in [2.24, 2.45) is 0 Å². The van der Waals surface area contributed by atoms with E-state index in [1.165, 1.54) is 0 Å². The van der Waals surface area contributed by atoms with Gasteiger partial charge in [-0.05, 0) is 0 Å². The maximum atomic E-state index is 13.7. The molecule has 7 heteroatoms. The van der Waals surface area contributed by atoms with E-state index in [0.717, 1.165) is 36.8 Å². The number of fused-ring (bicyclic) bond motifs is 3. The van der Waals surface area contributed by atoms with E-state index >= 15 is 0 Å². The van der Waals surface area contributed by atoms with Crippen molar-refractivity contribution in [3.05, 3.63) is 148 Å². The molecule has 0 unspecified atom stereocenters. The van der Waals surface area contributed by atoms with E-state index < -0.39 is 0 Å². The molecule has 0 spiro atoms. The van der Waals surface area contributed by atoms with Crippen LogP contribution in [0.1, 0.15) is 20.5 Å². The van der Waals surface area contributed by atoms with Gasteiger partial charge in [0, 0.05) is 0 Å². The van der Waals surface area contributed by atoms with Crippen LogP contribution in [-0.4, -0.2) is 30.3 Å². The van der Waals surface area contributed by atoms with E-state index in [2.05, 4.69) is 26.9 Å². The van der Waals surface area contributed by atoms with E-state index in [1.54, 1.807) is 0 Å². The Hall–Kier alpha value is -5.59. The second kappa shape index (κ2) is 10.4. The Morgan fingerprint density at radius 1 is 0.857 bits per heavy atom. The predicted molar refractivity (Wildman–Crippen MR) is 167 cm³/mol. The van der Waals surface area contributed by atoms with Gasteiger partial charge in [-0.3, -0.25) is 0 Å². The molecule has 0 bridgehead atoms. The van der Waals surface area contributed by atoms with Gasteiger partial charge in [-0.15, -0.1) is 0 Å². The summed E-state index contributed by atoms with van der Waals surface area (Å²) in [7, 11) is 0. The third kappa shape index (κ3) is 4.31. The van der Waals surface area contributed by atoms with E-state index in [1.807, 2.05) is 109 Å². The Morgan fingerprint density at radius 3 is 2.33 bits per heavy atom. The molecular formula is C35H19N5OSe. The summed E-state index contributed by atoms with van der Waals surface area (Å²) in [6, 6.07) is 37.6. The quantitative estimate of drug-likeness (QED) is 0.0891. The van der Waals surface area contributed by atoms with Crippen LogP contribution < -0.4 is 4.90 Å². The number of nitriles is 1. The number of carbonyl (C=O) groups excluding carboxylic acids is 1. The summed E-state index contributed by atoms with van der Waals surface area (Å²) in [5.41, 5.74) is 3.96. The van der Waals surface area contributed by atoms with Crippen LogP contribution in [0.15, 0.2) is 120 Å². The van der Waals surface area contributed by atoms with Gasteiger partial charge in [0.1, 0.15) is 0 Å². The molecule has 42 heavy (non-hydrogen) atoms. The van der Waals surface area contributed by atoms with Crippen molar-refractivity contribution in [2.75, 3.05) is 4.90 Å². The summed E-state index contributed by atoms with van der Waals surface area (Å²) in [6.45, 7) is 7.66. The van der Waals surface area contributed by atoms with Crippen LogP contribution >= 0.6 is 0 Å². The Balaban J connectivity index is 1.36. The number of carbonyl (C=O) groups is 1. The van der Waals surface area contributed by atoms with E-state index in [4.69, 9.17) is 11.6 Å². The van der Waals surface area contributed by atoms with Crippen LogP contribution in [0.3, 0.4) is 0 Å². The number of para-hydroxylation sites is 3. The monoisotopic (exact) mass is 605 g/mol. The number of aromatic nitrogens is 2. The van der Waals surface area contributed by atoms with E-state index in [9.17, 15) is 10.1 Å². The topological polar surface area (TPSA) is 74.2 Å². The second-order valence-corrected chi connectivity index (χ2v) is 11.9. The third-order valence-electron chi connectivity index (χ3n) is 7.12. The first-order valence-electron chi connectivity index (χ1n) is 13.1. The number of hydrogen-bond acceptors (Lipinski definition) is 5. The molecule has 0 radical (unpaired) electrons. The molecule has 0 aliphatic heterocycles. The van der Waals surface area contributed by atoms with Gasteiger partial charge in [0.05, 0.1) is 0 Å². The first kappa shape index (κ1) is 25.4. The van der Waals surface area contributed by atoms with Crippen LogP contribution in [0.4, 0.5) is 16.1 Å². The zero-order valence-electron chi connectivity index (χ0n) is 22.0. The number of rotatable bonds is 4. The molecule has 196 valence electrons. The van der Waals surface area contributed by atoms with Crippen LogP contribution in [0.2, 0.25) is 0 Å². The van der Waals surface area contributed by atoms with Crippen LogP contribution in [-0.2, 0) is 0 Å². The number of benzene rings is 3. The van der Waals surface area contributed by atoms with E-state index in [-0.39, 0.29) is 31.7 Å². The average Bonchev–Trinajstić information content (AvgIpc) is 3.60. The van der Waals surface area contributed by atoms with Crippen molar-refractivity contribution < 1.29 is 4.79 Å². The van der Waals surface area contributed by atoms with Crippen LogP contribution in [0, 0.1) is 17.9 Å². The minimum absolute atomic E-state index is 0.115. The molecule has 0 saturated heterocycles. The summed E-state index contributed by atoms with van der Waals surface area (Å²) < 4.78 is 1.99. The SMILES string of the molecule is [C-]#[N+]/C(C#N)=C1\C(=C/c2ccc(N(c3ccccc3)c3ccc4ccccc4n3)[se]2)C(=O)c2nc3ccccc3cc21. The Bertz CT molecular complexity index is 2180. The summed E-state index contributed by atoms with van der Waals surface area (Å²) >= 11 is -0.195. The Kier molecular flexibility index (Phi) is 6.30. The average molecular weight is 605 g/mol. The number of anilines is 3. The van der Waals surface area contributed by atoms with Crippen LogP contribution in [0.5, 0.6) is 0 Å². The molecule has 3 aromatic heterocycles.